The zero-order valence-electron chi connectivity index (χ0n) is 18.3. The SMILES string of the molecule is COc1ccc(C2=NN(C(=O)Cn3c(C)nc4ccccc4c3=O)[C@@H](c3ccco3)C2)cc1. The number of hydrogen-bond donors (Lipinski definition) is 0. The van der Waals surface area contributed by atoms with E-state index in [0.717, 1.165) is 17.0 Å². The van der Waals surface area contributed by atoms with Crippen LogP contribution in [0.4, 0.5) is 0 Å². The number of hydrogen-bond acceptors (Lipinski definition) is 6. The Kier molecular flexibility index (Phi) is 5.26. The van der Waals surface area contributed by atoms with Crippen molar-refractivity contribution in [1.29, 1.82) is 0 Å². The normalized spacial score (nSPS) is 15.6. The number of furan rings is 1. The summed E-state index contributed by atoms with van der Waals surface area (Å²) in [5.41, 5.74) is 2.01. The molecule has 8 heteroatoms. The third-order valence-corrected chi connectivity index (χ3v) is 5.81. The zero-order chi connectivity index (χ0) is 22.9. The van der Waals surface area contributed by atoms with E-state index in [0.29, 0.717) is 28.9 Å². The van der Waals surface area contributed by atoms with Crippen molar-refractivity contribution in [2.24, 2.45) is 5.10 Å². The van der Waals surface area contributed by atoms with Gasteiger partial charge < -0.3 is 9.15 Å². The van der Waals surface area contributed by atoms with Gasteiger partial charge in [-0.15, -0.1) is 0 Å². The van der Waals surface area contributed by atoms with Gasteiger partial charge in [0.05, 0.1) is 30.0 Å². The van der Waals surface area contributed by atoms with E-state index in [9.17, 15) is 9.59 Å². The van der Waals surface area contributed by atoms with Gasteiger partial charge in [-0.25, -0.2) is 9.99 Å². The van der Waals surface area contributed by atoms with Gasteiger partial charge in [0.1, 0.15) is 29.9 Å². The molecule has 0 unspecified atom stereocenters. The summed E-state index contributed by atoms with van der Waals surface area (Å²) >= 11 is 0. The number of fused-ring (bicyclic) bond motifs is 1. The molecule has 0 saturated heterocycles. The first kappa shape index (κ1) is 20.7. The van der Waals surface area contributed by atoms with Crippen LogP contribution in [0.5, 0.6) is 5.75 Å². The molecule has 2 aromatic heterocycles. The maximum Gasteiger partial charge on any atom is 0.263 e. The molecule has 0 fully saturated rings. The van der Waals surface area contributed by atoms with Crippen molar-refractivity contribution in [2.45, 2.75) is 25.9 Å². The summed E-state index contributed by atoms with van der Waals surface area (Å²) in [7, 11) is 1.61. The number of aryl methyl sites for hydroxylation is 1. The largest absolute Gasteiger partial charge is 0.497 e. The van der Waals surface area contributed by atoms with E-state index in [-0.39, 0.29) is 18.0 Å². The molecule has 5 rings (SSSR count). The molecule has 1 aliphatic rings. The standard InChI is InChI=1S/C25H22N4O4/c1-16-26-20-7-4-3-6-19(20)25(31)28(16)15-24(30)29-22(23-8-5-13-33-23)14-21(27-29)17-9-11-18(32-2)12-10-17/h3-13,22H,14-15H2,1-2H3/t22-/m1/s1. The van der Waals surface area contributed by atoms with Crippen LogP contribution in [-0.2, 0) is 11.3 Å². The van der Waals surface area contributed by atoms with E-state index in [1.807, 2.05) is 36.4 Å². The van der Waals surface area contributed by atoms with E-state index in [4.69, 9.17) is 9.15 Å². The Balaban J connectivity index is 1.49. The fraction of sp³-hybridized carbons (Fsp3) is 0.200. The summed E-state index contributed by atoms with van der Waals surface area (Å²) < 4.78 is 12.2. The van der Waals surface area contributed by atoms with Gasteiger partial charge in [0.25, 0.3) is 11.5 Å². The molecule has 4 aromatic rings. The summed E-state index contributed by atoms with van der Waals surface area (Å²) in [4.78, 5) is 30.9. The predicted octanol–water partition coefficient (Wildman–Crippen LogP) is 3.68. The Morgan fingerprint density at radius 3 is 2.64 bits per heavy atom. The lowest BCUT2D eigenvalue weighted by atomic mass is 10.0. The molecule has 0 radical (unpaired) electrons. The van der Waals surface area contributed by atoms with Crippen LogP contribution in [0.3, 0.4) is 0 Å². The van der Waals surface area contributed by atoms with Crippen LogP contribution >= 0.6 is 0 Å². The van der Waals surface area contributed by atoms with Crippen LogP contribution in [0, 0.1) is 6.92 Å². The molecule has 3 heterocycles. The number of nitrogens with zero attached hydrogens (tertiary/aromatic N) is 4. The Labute approximate surface area is 189 Å². The van der Waals surface area contributed by atoms with Crippen LogP contribution in [0.2, 0.25) is 0 Å². The van der Waals surface area contributed by atoms with Crippen molar-refractivity contribution < 1.29 is 13.9 Å². The molecule has 0 spiro atoms. The lowest BCUT2D eigenvalue weighted by Crippen LogP contribution is -2.35. The first-order valence-electron chi connectivity index (χ1n) is 10.6. The molecule has 0 aliphatic carbocycles. The molecule has 1 aliphatic heterocycles. The van der Waals surface area contributed by atoms with E-state index in [1.54, 1.807) is 44.6 Å². The van der Waals surface area contributed by atoms with Gasteiger partial charge in [-0.3, -0.25) is 14.2 Å². The van der Waals surface area contributed by atoms with Gasteiger partial charge in [0, 0.05) is 6.42 Å². The van der Waals surface area contributed by atoms with Gasteiger partial charge in [-0.2, -0.15) is 5.10 Å². The zero-order valence-corrected chi connectivity index (χ0v) is 18.3. The molecule has 2 aromatic carbocycles. The fourth-order valence-electron chi connectivity index (χ4n) is 4.07. The smallest absolute Gasteiger partial charge is 0.263 e. The highest BCUT2D eigenvalue weighted by atomic mass is 16.5. The Hall–Kier alpha value is -4.20. The summed E-state index contributed by atoms with van der Waals surface area (Å²) in [5, 5.41) is 6.52. The van der Waals surface area contributed by atoms with Crippen LogP contribution in [0.25, 0.3) is 10.9 Å². The Morgan fingerprint density at radius 2 is 1.91 bits per heavy atom. The quantitative estimate of drug-likeness (QED) is 0.470. The number of carbonyl (C=O) groups excluding carboxylic acids is 1. The van der Waals surface area contributed by atoms with Crippen LogP contribution in [-0.4, -0.2) is 33.3 Å². The minimum Gasteiger partial charge on any atom is -0.497 e. The highest BCUT2D eigenvalue weighted by molar-refractivity contribution is 6.03. The number of hydrazone groups is 1. The van der Waals surface area contributed by atoms with Gasteiger partial charge in [0.15, 0.2) is 0 Å². The van der Waals surface area contributed by atoms with Gasteiger partial charge in [-0.1, -0.05) is 12.1 Å². The fourth-order valence-corrected chi connectivity index (χ4v) is 4.07. The van der Waals surface area contributed by atoms with E-state index >= 15 is 0 Å². The second kappa shape index (κ2) is 8.38. The highest BCUT2D eigenvalue weighted by Gasteiger charge is 2.35. The predicted molar refractivity (Wildman–Crippen MR) is 123 cm³/mol. The van der Waals surface area contributed by atoms with Crippen LogP contribution in [0.1, 0.15) is 29.6 Å². The van der Waals surface area contributed by atoms with E-state index < -0.39 is 6.04 Å². The lowest BCUT2D eigenvalue weighted by molar-refractivity contribution is -0.134. The Bertz CT molecular complexity index is 1400. The molecule has 0 bridgehead atoms. The third-order valence-electron chi connectivity index (χ3n) is 5.81. The molecule has 1 atom stereocenters. The summed E-state index contributed by atoms with van der Waals surface area (Å²) in [5.74, 6) is 1.53. The number of ether oxygens (including phenoxy) is 1. The van der Waals surface area contributed by atoms with E-state index in [1.165, 1.54) is 9.58 Å². The number of benzene rings is 2. The number of rotatable bonds is 5. The average molecular weight is 442 g/mol. The molecule has 0 N–H and O–H groups in total. The summed E-state index contributed by atoms with van der Waals surface area (Å²) in [6, 6.07) is 17.9. The maximum absolute atomic E-state index is 13.4. The van der Waals surface area contributed by atoms with Crippen molar-refractivity contribution in [1.82, 2.24) is 14.6 Å². The third kappa shape index (κ3) is 3.80. The molecule has 166 valence electrons. The van der Waals surface area contributed by atoms with Gasteiger partial charge in [0.2, 0.25) is 0 Å². The molecule has 33 heavy (non-hydrogen) atoms. The van der Waals surface area contributed by atoms with Gasteiger partial charge in [-0.05, 0) is 61.0 Å². The van der Waals surface area contributed by atoms with Crippen molar-refractivity contribution in [2.75, 3.05) is 7.11 Å². The van der Waals surface area contributed by atoms with Crippen molar-refractivity contribution in [3.8, 4) is 5.75 Å². The topological polar surface area (TPSA) is 89.9 Å². The molecule has 1 amide bonds. The van der Waals surface area contributed by atoms with Crippen LogP contribution in [0.15, 0.2) is 81.2 Å². The highest BCUT2D eigenvalue weighted by Crippen LogP contribution is 2.33. The summed E-state index contributed by atoms with van der Waals surface area (Å²) in [6.07, 6.45) is 2.07. The molecule has 0 saturated carbocycles. The number of carbonyl (C=O) groups is 1. The maximum atomic E-state index is 13.4. The van der Waals surface area contributed by atoms with E-state index in [2.05, 4.69) is 10.1 Å². The average Bonchev–Trinajstić information content (AvgIpc) is 3.52. The van der Waals surface area contributed by atoms with Crippen LogP contribution < -0.4 is 10.3 Å². The first-order chi connectivity index (χ1) is 16.0. The number of methoxy groups -OCH3 is 1. The number of aromatic nitrogens is 2. The lowest BCUT2D eigenvalue weighted by Gasteiger charge is -2.21. The van der Waals surface area contributed by atoms with Crippen molar-refractivity contribution in [3.05, 3.63) is 94.4 Å². The first-order valence-corrected chi connectivity index (χ1v) is 10.6. The minimum absolute atomic E-state index is 0.168. The monoisotopic (exact) mass is 442 g/mol. The summed E-state index contributed by atoms with van der Waals surface area (Å²) in [6.45, 7) is 1.56. The molecule has 8 nitrogen and oxygen atoms in total. The van der Waals surface area contributed by atoms with Gasteiger partial charge >= 0.3 is 0 Å². The number of amides is 1. The molecular formula is C25H22N4O4. The Morgan fingerprint density at radius 1 is 1.12 bits per heavy atom. The van der Waals surface area contributed by atoms with Crippen molar-refractivity contribution >= 4 is 22.5 Å². The molecular weight excluding hydrogens is 420 g/mol. The second-order valence-electron chi connectivity index (χ2n) is 7.82. The minimum atomic E-state index is -0.394. The number of para-hydroxylation sites is 1. The second-order valence-corrected chi connectivity index (χ2v) is 7.82. The van der Waals surface area contributed by atoms with Crippen molar-refractivity contribution in [3.63, 3.8) is 0 Å².